The van der Waals surface area contributed by atoms with Gasteiger partial charge in [0.25, 0.3) is 11.8 Å². The number of hydrogen-bond donors (Lipinski definition) is 13. The molecule has 0 saturated heterocycles. The summed E-state index contributed by atoms with van der Waals surface area (Å²) in [6, 6.07) is 10.5. The number of anilines is 6. The van der Waals surface area contributed by atoms with Crippen LogP contribution in [0, 0.1) is 0 Å². The van der Waals surface area contributed by atoms with Gasteiger partial charge in [0.15, 0.2) is 34.0 Å². The molecule has 6 rings (SSSR count). The standard InChI is InChI=1S/C83H127N19O26S2.C11H22O6S/c1-101(58-62-56-91-76-72(93-62)74(84)97-82(86)99-76)64-9-5-60(6-10-64)78(107)95-67(80(109)110)13-15-69(104)88-19-25-116-31-37-122-43-40-119-34-28-113-22-3-4-66(103)17-23-114-29-35-120-41-46-125-48-50-127-52-54-129-130-55-53-128-51-49-126-47-42-121-36-30-115-24-18-71(106)90-21-27-118-33-39-124-45-44-123-38-32-117-26-20-89-70(105)16-14-68(81(111)112)96-79(108)61-7-11-65(12-8-61)102(2)59-63-57-92-77-73(94-63)75(85)98-83(87)100-77;12-11(13)1-2-14-3-4-15-5-6-16-7-8-17-9-10-18/h5-12,56-57,67-68H,3-4,13-55,58-59H2,1-2H3,(H,88,104)(H,89,105)(H,90,106)(H,95,107)(H,96,108)(H,109,110)(H,111,112)(H4,84,86,91,97,99)(H4,85,87,92,98,100);18H,1-10H2,(H,12,13)/t67-,68+;/m0./s1. The van der Waals surface area contributed by atoms with Gasteiger partial charge >= 0.3 is 17.9 Å². The molecule has 0 unspecified atom stereocenters. The number of amides is 5. The third kappa shape index (κ3) is 64.3. The van der Waals surface area contributed by atoms with E-state index in [0.717, 1.165) is 22.9 Å². The third-order valence-electron chi connectivity index (χ3n) is 19.9. The molecule has 2 aromatic carbocycles. The van der Waals surface area contributed by atoms with E-state index in [1.165, 1.54) is 0 Å². The van der Waals surface area contributed by atoms with Crippen molar-refractivity contribution in [2.75, 3.05) is 348 Å². The zero-order valence-corrected chi connectivity index (χ0v) is 87.0. The van der Waals surface area contributed by atoms with Crippen LogP contribution in [0.25, 0.3) is 22.3 Å². The molecular formula is C94H149N19O32S3. The van der Waals surface area contributed by atoms with E-state index in [0.29, 0.717) is 298 Å². The fourth-order valence-electron chi connectivity index (χ4n) is 12.3. The summed E-state index contributed by atoms with van der Waals surface area (Å²) >= 11 is 4.01. The molecule has 830 valence electrons. The first kappa shape index (κ1) is 128. The smallest absolute Gasteiger partial charge is 0.326 e. The van der Waals surface area contributed by atoms with Crippen LogP contribution in [0.3, 0.4) is 0 Å². The van der Waals surface area contributed by atoms with Crippen molar-refractivity contribution in [1.29, 1.82) is 0 Å². The van der Waals surface area contributed by atoms with Crippen molar-refractivity contribution >= 4 is 145 Å². The zero-order valence-electron chi connectivity index (χ0n) is 84.5. The van der Waals surface area contributed by atoms with Gasteiger partial charge in [-0.1, -0.05) is 21.6 Å². The van der Waals surface area contributed by atoms with Crippen molar-refractivity contribution in [2.24, 2.45) is 0 Å². The van der Waals surface area contributed by atoms with Gasteiger partial charge in [-0.2, -0.15) is 32.6 Å². The minimum Gasteiger partial charge on any atom is -0.481 e. The number of Topliss-reactive ketones (excluding diaryl/α,β-unsaturated/α-hetero) is 1. The average Bonchev–Trinajstić information content (AvgIpc) is 0.809. The Balaban J connectivity index is 0.00000193. The van der Waals surface area contributed by atoms with Crippen molar-refractivity contribution in [3.8, 4) is 0 Å². The molecule has 51 nitrogen and oxygen atoms in total. The van der Waals surface area contributed by atoms with E-state index in [4.69, 9.17) is 123 Å². The number of nitrogens with two attached hydrogens (primary N) is 4. The van der Waals surface area contributed by atoms with Gasteiger partial charge in [0, 0.05) is 112 Å². The molecule has 0 radical (unpaired) electrons. The summed E-state index contributed by atoms with van der Waals surface area (Å²) in [6.45, 7) is 17.6. The first-order chi connectivity index (χ1) is 72.0. The molecule has 4 aromatic heterocycles. The van der Waals surface area contributed by atoms with E-state index in [2.05, 4.69) is 79.1 Å². The van der Waals surface area contributed by atoms with E-state index in [-0.39, 0.29) is 154 Å². The van der Waals surface area contributed by atoms with Crippen molar-refractivity contribution < 1.29 is 153 Å². The number of carboxylic acid groups (broad SMARTS) is 3. The average molecular weight is 2150 g/mol. The summed E-state index contributed by atoms with van der Waals surface area (Å²) in [4.78, 5) is 146. The number of nitrogen functional groups attached to an aromatic ring is 4. The highest BCUT2D eigenvalue weighted by atomic mass is 33.1. The van der Waals surface area contributed by atoms with Crippen molar-refractivity contribution in [3.05, 3.63) is 83.4 Å². The first-order valence-electron chi connectivity index (χ1n) is 48.7. The maximum atomic E-state index is 13.0. The molecule has 0 aliphatic heterocycles. The molecule has 0 spiro atoms. The lowest BCUT2D eigenvalue weighted by Gasteiger charge is -2.19. The number of aliphatic carboxylic acids is 3. The molecular weight excluding hydrogens is 2000 g/mol. The van der Waals surface area contributed by atoms with Gasteiger partial charge in [0.2, 0.25) is 29.6 Å². The van der Waals surface area contributed by atoms with Gasteiger partial charge in [-0.15, -0.1) is 0 Å². The largest absolute Gasteiger partial charge is 0.481 e. The van der Waals surface area contributed by atoms with Gasteiger partial charge in [0.1, 0.15) is 17.9 Å². The van der Waals surface area contributed by atoms with E-state index in [9.17, 15) is 53.4 Å². The number of carbonyl (C=O) groups is 9. The Morgan fingerprint density at radius 3 is 0.939 bits per heavy atom. The Kier molecular flexibility index (Phi) is 73.2. The number of carboxylic acids is 3. The number of rotatable bonds is 94. The van der Waals surface area contributed by atoms with E-state index in [1.807, 2.05) is 23.9 Å². The number of hydrogen-bond acceptors (Lipinski definition) is 46. The Morgan fingerprint density at radius 2 is 0.622 bits per heavy atom. The second-order valence-electron chi connectivity index (χ2n) is 31.6. The minimum absolute atomic E-state index is 0.000401. The van der Waals surface area contributed by atoms with Gasteiger partial charge in [-0.3, -0.25) is 33.6 Å². The summed E-state index contributed by atoms with van der Waals surface area (Å²) in [5, 5.41) is 41.0. The van der Waals surface area contributed by atoms with Gasteiger partial charge in [-0.25, -0.2) is 29.5 Å². The van der Waals surface area contributed by atoms with Crippen LogP contribution in [0.4, 0.5) is 34.9 Å². The quantitative estimate of drug-likeness (QED) is 0.0147. The van der Waals surface area contributed by atoms with E-state index >= 15 is 0 Å². The van der Waals surface area contributed by atoms with Crippen LogP contribution in [0.2, 0.25) is 0 Å². The lowest BCUT2D eigenvalue weighted by Crippen LogP contribution is -2.41. The predicted octanol–water partition coefficient (Wildman–Crippen LogP) is 1.96. The topological polar surface area (TPSA) is 673 Å². The number of carbonyl (C=O) groups excluding carboxylic acids is 6. The number of aromatic nitrogens is 8. The SMILES string of the molecule is CN(Cc1cnc2nc(N)nc(N)c2n1)c1ccc(C(=O)N[C@@H](CCC(=O)NCCOCCOCCOCCOCCCC(=O)CCOCCOCCOCCOCCSSCCOCCOCCOCCOCCC(=O)NCCOCCOCCOCCOCCNC(=O)CC[C@@H](NC(=O)c2ccc(N(C)Cc3cnc4nc(N)nc(N)c4n3)cc2)C(=O)O)C(=O)O)cc1.O=C(O)CCOCCOCCOCCOCCS. The molecule has 16 N–H and O–H groups in total. The van der Waals surface area contributed by atoms with Crippen LogP contribution >= 0.6 is 34.2 Å². The number of nitrogens with one attached hydrogen (secondary N) is 5. The summed E-state index contributed by atoms with van der Waals surface area (Å²) in [5.74, 6) is -2.78. The molecule has 0 bridgehead atoms. The number of ketones is 1. The molecule has 0 saturated carbocycles. The summed E-state index contributed by atoms with van der Waals surface area (Å²) in [6.07, 6.45) is 4.18. The van der Waals surface area contributed by atoms with Crippen molar-refractivity contribution in [2.45, 2.75) is 83.0 Å². The van der Waals surface area contributed by atoms with Crippen LogP contribution in [0.5, 0.6) is 0 Å². The van der Waals surface area contributed by atoms with Crippen LogP contribution < -0.4 is 59.3 Å². The summed E-state index contributed by atoms with van der Waals surface area (Å²) in [7, 11) is 7.09. The fraction of sp³-hybridized carbons (Fsp3) is 0.649. The Labute approximate surface area is 874 Å². The highest BCUT2D eigenvalue weighted by molar-refractivity contribution is 8.76. The second-order valence-corrected chi connectivity index (χ2v) is 34.7. The summed E-state index contributed by atoms with van der Waals surface area (Å²) in [5.41, 5.74) is 27.6. The maximum absolute atomic E-state index is 13.0. The molecule has 54 heteroatoms. The molecule has 5 amide bonds. The Hall–Kier alpha value is -10.2. The fourth-order valence-corrected chi connectivity index (χ4v) is 14.2. The highest BCUT2D eigenvalue weighted by Gasteiger charge is 2.25. The number of fused-ring (bicyclic) bond motifs is 2. The molecule has 0 aliphatic rings. The molecule has 6 aromatic rings. The third-order valence-corrected chi connectivity index (χ3v) is 22.4. The van der Waals surface area contributed by atoms with Crippen molar-refractivity contribution in [1.82, 2.24) is 66.5 Å². The predicted molar refractivity (Wildman–Crippen MR) is 551 cm³/mol. The van der Waals surface area contributed by atoms with Gasteiger partial charge < -0.3 is 169 Å². The minimum atomic E-state index is -1.29. The number of nitrogens with zero attached hydrogens (tertiary/aromatic N) is 10. The van der Waals surface area contributed by atoms with E-state index in [1.54, 1.807) is 82.5 Å². The zero-order chi connectivity index (χ0) is 107. The molecule has 148 heavy (non-hydrogen) atoms. The van der Waals surface area contributed by atoms with Gasteiger partial charge in [0.05, 0.1) is 301 Å². The molecule has 2 atom stereocenters. The van der Waals surface area contributed by atoms with Crippen LogP contribution in [-0.4, -0.2) is 436 Å². The van der Waals surface area contributed by atoms with Crippen molar-refractivity contribution in [3.63, 3.8) is 0 Å². The number of thiol groups is 1. The van der Waals surface area contributed by atoms with Crippen LogP contribution in [0.1, 0.15) is 89.9 Å². The van der Waals surface area contributed by atoms with Gasteiger partial charge in [-0.05, 0) is 67.8 Å². The normalized spacial score (nSPS) is 11.7. The lowest BCUT2D eigenvalue weighted by molar-refractivity contribution is -0.140. The summed E-state index contributed by atoms with van der Waals surface area (Å²) < 4.78 is 109. The van der Waals surface area contributed by atoms with E-state index < -0.39 is 41.8 Å². The lowest BCUT2D eigenvalue weighted by atomic mass is 10.1. The second kappa shape index (κ2) is 84.5. The van der Waals surface area contributed by atoms with Crippen LogP contribution in [-0.2, 0) is 141 Å². The Bertz CT molecular complexity index is 4370. The van der Waals surface area contributed by atoms with Crippen LogP contribution in [0.15, 0.2) is 60.9 Å². The molecule has 0 fully saturated rings. The molecule has 4 heterocycles. The number of benzene rings is 2. The highest BCUT2D eigenvalue weighted by Crippen LogP contribution is 2.23. The molecule has 0 aliphatic carbocycles. The Morgan fingerprint density at radius 1 is 0.338 bits per heavy atom. The monoisotopic (exact) mass is 2150 g/mol. The first-order valence-corrected chi connectivity index (χ1v) is 51.8. The number of ether oxygens (including phenoxy) is 20. The maximum Gasteiger partial charge on any atom is 0.326 e.